The van der Waals surface area contributed by atoms with Crippen molar-refractivity contribution >= 4 is 17.9 Å². The van der Waals surface area contributed by atoms with Gasteiger partial charge in [0.1, 0.15) is 11.8 Å². The molecule has 1 aromatic carbocycles. The first-order valence-electron chi connectivity index (χ1n) is 6.53. The van der Waals surface area contributed by atoms with E-state index in [0.717, 1.165) is 5.56 Å². The highest BCUT2D eigenvalue weighted by molar-refractivity contribution is 5.96. The Kier molecular flexibility index (Phi) is 4.40. The molecular formula is C15H18N2O3. The summed E-state index contributed by atoms with van der Waals surface area (Å²) in [5, 5.41) is 2.73. The first kappa shape index (κ1) is 14.1. The molecule has 0 radical (unpaired) electrons. The number of nitrogens with zero attached hydrogens (tertiary/aromatic N) is 1. The van der Waals surface area contributed by atoms with Crippen LogP contribution in [-0.2, 0) is 9.59 Å². The van der Waals surface area contributed by atoms with Crippen LogP contribution in [-0.4, -0.2) is 43.0 Å². The largest absolute Gasteiger partial charge is 0.496 e. The zero-order valence-electron chi connectivity index (χ0n) is 11.6. The highest BCUT2D eigenvalue weighted by Crippen LogP contribution is 2.19. The van der Waals surface area contributed by atoms with Crippen LogP contribution >= 0.6 is 0 Å². The second-order valence-electron chi connectivity index (χ2n) is 4.57. The predicted octanol–water partition coefficient (Wildman–Crippen LogP) is 1.06. The molecule has 2 amide bonds. The minimum Gasteiger partial charge on any atom is -0.496 e. The van der Waals surface area contributed by atoms with Gasteiger partial charge in [0.25, 0.3) is 0 Å². The van der Waals surface area contributed by atoms with Crippen LogP contribution in [0.15, 0.2) is 30.3 Å². The van der Waals surface area contributed by atoms with E-state index in [4.69, 9.17) is 4.74 Å². The zero-order valence-corrected chi connectivity index (χ0v) is 11.6. The molecule has 1 N–H and O–H groups in total. The first-order chi connectivity index (χ1) is 9.63. The number of benzene rings is 1. The number of rotatable bonds is 3. The summed E-state index contributed by atoms with van der Waals surface area (Å²) in [7, 11) is 1.59. The Morgan fingerprint density at radius 2 is 2.20 bits per heavy atom. The van der Waals surface area contributed by atoms with Crippen LogP contribution in [0.2, 0.25) is 0 Å². The lowest BCUT2D eigenvalue weighted by molar-refractivity contribution is -0.139. The molecule has 20 heavy (non-hydrogen) atoms. The standard InChI is InChI=1S/C15H18N2O3/c1-11-15(19)16-9-10-17(11)14(18)8-7-12-5-3-4-6-13(12)20-2/h3-8,11H,9-10H2,1-2H3,(H,16,19). The maximum Gasteiger partial charge on any atom is 0.247 e. The van der Waals surface area contributed by atoms with Gasteiger partial charge >= 0.3 is 0 Å². The summed E-state index contributed by atoms with van der Waals surface area (Å²) in [5.74, 6) is 0.425. The molecule has 5 nitrogen and oxygen atoms in total. The lowest BCUT2D eigenvalue weighted by Gasteiger charge is -2.31. The van der Waals surface area contributed by atoms with E-state index >= 15 is 0 Å². The fourth-order valence-electron chi connectivity index (χ4n) is 2.14. The van der Waals surface area contributed by atoms with Crippen LogP contribution in [0.1, 0.15) is 12.5 Å². The molecule has 1 fully saturated rings. The molecule has 0 aromatic heterocycles. The van der Waals surface area contributed by atoms with Gasteiger partial charge in [0, 0.05) is 24.7 Å². The SMILES string of the molecule is COc1ccccc1C=CC(=O)N1CCNC(=O)C1C. The van der Waals surface area contributed by atoms with Gasteiger partial charge in [0.05, 0.1) is 7.11 Å². The molecule has 1 unspecified atom stereocenters. The molecule has 1 heterocycles. The van der Waals surface area contributed by atoms with E-state index < -0.39 is 6.04 Å². The van der Waals surface area contributed by atoms with E-state index in [1.165, 1.54) is 6.08 Å². The van der Waals surface area contributed by atoms with Gasteiger partial charge < -0.3 is 15.0 Å². The van der Waals surface area contributed by atoms with Crippen molar-refractivity contribution in [3.8, 4) is 5.75 Å². The number of amides is 2. The van der Waals surface area contributed by atoms with E-state index in [-0.39, 0.29) is 11.8 Å². The fourth-order valence-corrected chi connectivity index (χ4v) is 2.14. The molecule has 0 spiro atoms. The smallest absolute Gasteiger partial charge is 0.247 e. The van der Waals surface area contributed by atoms with Gasteiger partial charge in [0.15, 0.2) is 0 Å². The molecule has 0 saturated carbocycles. The van der Waals surface area contributed by atoms with Crippen molar-refractivity contribution < 1.29 is 14.3 Å². The minimum atomic E-state index is -0.432. The van der Waals surface area contributed by atoms with Crippen molar-refractivity contribution in [1.29, 1.82) is 0 Å². The third-order valence-electron chi connectivity index (χ3n) is 3.33. The van der Waals surface area contributed by atoms with E-state index in [0.29, 0.717) is 18.8 Å². The van der Waals surface area contributed by atoms with E-state index in [1.54, 1.807) is 25.0 Å². The molecule has 2 rings (SSSR count). The highest BCUT2D eigenvalue weighted by Gasteiger charge is 2.27. The van der Waals surface area contributed by atoms with Crippen molar-refractivity contribution in [2.45, 2.75) is 13.0 Å². The predicted molar refractivity (Wildman–Crippen MR) is 76.2 cm³/mol. The Bertz CT molecular complexity index is 540. The molecule has 1 aliphatic rings. The van der Waals surface area contributed by atoms with Gasteiger partial charge in [-0.15, -0.1) is 0 Å². The van der Waals surface area contributed by atoms with Gasteiger partial charge in [-0.1, -0.05) is 18.2 Å². The molecule has 1 aliphatic heterocycles. The zero-order chi connectivity index (χ0) is 14.5. The number of hydrogen-bond donors (Lipinski definition) is 1. The molecule has 1 saturated heterocycles. The lowest BCUT2D eigenvalue weighted by Crippen LogP contribution is -2.55. The second-order valence-corrected chi connectivity index (χ2v) is 4.57. The van der Waals surface area contributed by atoms with Crippen molar-refractivity contribution in [2.24, 2.45) is 0 Å². The van der Waals surface area contributed by atoms with E-state index in [9.17, 15) is 9.59 Å². The van der Waals surface area contributed by atoms with Gasteiger partial charge in [-0.25, -0.2) is 0 Å². The summed E-state index contributed by atoms with van der Waals surface area (Å²) < 4.78 is 5.22. The molecule has 1 aromatic rings. The number of carbonyl (C=O) groups excluding carboxylic acids is 2. The summed E-state index contributed by atoms with van der Waals surface area (Å²) >= 11 is 0. The van der Waals surface area contributed by atoms with Crippen molar-refractivity contribution in [3.63, 3.8) is 0 Å². The van der Waals surface area contributed by atoms with E-state index in [1.807, 2.05) is 24.3 Å². The lowest BCUT2D eigenvalue weighted by atomic mass is 10.1. The quantitative estimate of drug-likeness (QED) is 0.838. The van der Waals surface area contributed by atoms with E-state index in [2.05, 4.69) is 5.32 Å². The number of piperazine rings is 1. The van der Waals surface area contributed by atoms with Crippen LogP contribution in [0.5, 0.6) is 5.75 Å². The van der Waals surface area contributed by atoms with Crippen molar-refractivity contribution in [1.82, 2.24) is 10.2 Å². The Labute approximate surface area is 118 Å². The van der Waals surface area contributed by atoms with Gasteiger partial charge in [-0.2, -0.15) is 0 Å². The summed E-state index contributed by atoms with van der Waals surface area (Å²) in [4.78, 5) is 25.2. The number of hydrogen-bond acceptors (Lipinski definition) is 3. The molecular weight excluding hydrogens is 256 g/mol. The van der Waals surface area contributed by atoms with Gasteiger partial charge in [0.2, 0.25) is 11.8 Å². The summed E-state index contributed by atoms with van der Waals surface area (Å²) in [6.45, 7) is 2.75. The molecule has 5 heteroatoms. The highest BCUT2D eigenvalue weighted by atomic mass is 16.5. The molecule has 0 bridgehead atoms. The maximum absolute atomic E-state index is 12.1. The number of nitrogens with one attached hydrogen (secondary N) is 1. The van der Waals surface area contributed by atoms with Gasteiger partial charge in [-0.05, 0) is 19.1 Å². The number of para-hydroxylation sites is 1. The van der Waals surface area contributed by atoms with Crippen LogP contribution < -0.4 is 10.1 Å². The van der Waals surface area contributed by atoms with Crippen LogP contribution in [0.3, 0.4) is 0 Å². The molecule has 0 aliphatic carbocycles. The Balaban J connectivity index is 2.10. The number of ether oxygens (including phenoxy) is 1. The second kappa shape index (κ2) is 6.23. The summed E-state index contributed by atoms with van der Waals surface area (Å²) in [6, 6.07) is 7.02. The Morgan fingerprint density at radius 3 is 2.95 bits per heavy atom. The van der Waals surface area contributed by atoms with Crippen molar-refractivity contribution in [2.75, 3.05) is 20.2 Å². The average Bonchev–Trinajstić information content (AvgIpc) is 2.48. The average molecular weight is 274 g/mol. The van der Waals surface area contributed by atoms with Crippen molar-refractivity contribution in [3.05, 3.63) is 35.9 Å². The monoisotopic (exact) mass is 274 g/mol. The third-order valence-corrected chi connectivity index (χ3v) is 3.33. The number of carbonyl (C=O) groups is 2. The third kappa shape index (κ3) is 2.99. The first-order valence-corrected chi connectivity index (χ1v) is 6.53. The van der Waals surface area contributed by atoms with Crippen LogP contribution in [0.25, 0.3) is 6.08 Å². The normalized spacial score (nSPS) is 19.0. The Hall–Kier alpha value is -2.30. The fraction of sp³-hybridized carbons (Fsp3) is 0.333. The molecule has 106 valence electrons. The van der Waals surface area contributed by atoms with Crippen LogP contribution in [0.4, 0.5) is 0 Å². The Morgan fingerprint density at radius 1 is 1.45 bits per heavy atom. The van der Waals surface area contributed by atoms with Gasteiger partial charge in [-0.3, -0.25) is 9.59 Å². The summed E-state index contributed by atoms with van der Waals surface area (Å²) in [5.41, 5.74) is 0.831. The molecule has 1 atom stereocenters. The summed E-state index contributed by atoms with van der Waals surface area (Å²) in [6.07, 6.45) is 3.19. The minimum absolute atomic E-state index is 0.115. The topological polar surface area (TPSA) is 58.6 Å². The maximum atomic E-state index is 12.1. The number of methoxy groups -OCH3 is 1. The van der Waals surface area contributed by atoms with Crippen LogP contribution in [0, 0.1) is 0 Å².